The first-order valence-electron chi connectivity index (χ1n) is 11.0. The molecule has 3 aromatic rings. The van der Waals surface area contributed by atoms with Gasteiger partial charge in [-0.15, -0.1) is 0 Å². The third-order valence-corrected chi connectivity index (χ3v) is 5.89. The van der Waals surface area contributed by atoms with Gasteiger partial charge in [0, 0.05) is 24.7 Å². The van der Waals surface area contributed by atoms with Gasteiger partial charge < -0.3 is 15.2 Å². The molecule has 0 aliphatic carbocycles. The van der Waals surface area contributed by atoms with Crippen LogP contribution in [0.2, 0.25) is 0 Å². The zero-order chi connectivity index (χ0) is 22.6. The molecule has 1 aliphatic rings. The molecule has 3 aromatic carbocycles. The summed E-state index contributed by atoms with van der Waals surface area (Å²) in [5, 5.41) is 0. The molecule has 2 N–H and O–H groups in total. The first-order chi connectivity index (χ1) is 15.4. The largest absolute Gasteiger partial charge is 0.492 e. The van der Waals surface area contributed by atoms with E-state index < -0.39 is 11.5 Å². The molecule has 0 radical (unpaired) electrons. The molecule has 1 amide bonds. The number of hydrogen-bond acceptors (Lipinski definition) is 4. The van der Waals surface area contributed by atoms with Crippen LogP contribution in [0.15, 0.2) is 78.9 Å². The Morgan fingerprint density at radius 1 is 0.969 bits per heavy atom. The molecule has 0 aromatic heterocycles. The first-order valence-corrected chi connectivity index (χ1v) is 11.0. The van der Waals surface area contributed by atoms with Gasteiger partial charge >= 0.3 is 0 Å². The van der Waals surface area contributed by atoms with E-state index in [1.54, 1.807) is 13.8 Å². The molecule has 32 heavy (non-hydrogen) atoms. The SMILES string of the molecule is CC(C)(Oc1cccc2c1C[C@@H](N(Cc1ccccc1)Cc1ccccc1)CO2)C(N)=O. The maximum atomic E-state index is 11.8. The van der Waals surface area contributed by atoms with Gasteiger partial charge in [-0.1, -0.05) is 66.7 Å². The smallest absolute Gasteiger partial charge is 0.261 e. The number of amides is 1. The van der Waals surface area contributed by atoms with E-state index in [0.717, 1.165) is 30.8 Å². The lowest BCUT2D eigenvalue weighted by atomic mass is 9.98. The number of primary amides is 1. The fourth-order valence-corrected chi connectivity index (χ4v) is 3.97. The van der Waals surface area contributed by atoms with Crippen molar-refractivity contribution in [2.45, 2.75) is 45.0 Å². The van der Waals surface area contributed by atoms with Crippen LogP contribution < -0.4 is 15.2 Å². The van der Waals surface area contributed by atoms with E-state index in [-0.39, 0.29) is 6.04 Å². The number of nitrogens with zero attached hydrogens (tertiary/aromatic N) is 1. The zero-order valence-corrected chi connectivity index (χ0v) is 18.7. The van der Waals surface area contributed by atoms with Crippen LogP contribution in [-0.4, -0.2) is 29.1 Å². The van der Waals surface area contributed by atoms with Crippen molar-refractivity contribution in [1.82, 2.24) is 4.90 Å². The number of carbonyl (C=O) groups is 1. The minimum atomic E-state index is -1.10. The molecule has 0 saturated heterocycles. The average Bonchev–Trinajstić information content (AvgIpc) is 2.80. The van der Waals surface area contributed by atoms with E-state index in [1.807, 2.05) is 30.3 Å². The maximum Gasteiger partial charge on any atom is 0.261 e. The fraction of sp³-hybridized carbons (Fsp3) is 0.296. The number of fused-ring (bicyclic) bond motifs is 1. The third-order valence-electron chi connectivity index (χ3n) is 5.89. The Hall–Kier alpha value is -3.31. The number of rotatable bonds is 8. The number of nitrogens with two attached hydrogens (primary N) is 1. The van der Waals surface area contributed by atoms with Gasteiger partial charge in [-0.25, -0.2) is 0 Å². The van der Waals surface area contributed by atoms with Crippen LogP contribution in [0.5, 0.6) is 11.5 Å². The molecule has 166 valence electrons. The molecule has 0 saturated carbocycles. The molecular formula is C27H30N2O3. The molecule has 5 nitrogen and oxygen atoms in total. The molecule has 0 unspecified atom stereocenters. The molecule has 0 fully saturated rings. The predicted molar refractivity (Wildman–Crippen MR) is 125 cm³/mol. The molecule has 1 atom stereocenters. The summed E-state index contributed by atoms with van der Waals surface area (Å²) in [4.78, 5) is 14.3. The highest BCUT2D eigenvalue weighted by Gasteiger charge is 2.32. The van der Waals surface area contributed by atoms with Gasteiger partial charge in [-0.2, -0.15) is 0 Å². The summed E-state index contributed by atoms with van der Waals surface area (Å²) in [6, 6.07) is 26.8. The van der Waals surface area contributed by atoms with Crippen molar-refractivity contribution in [1.29, 1.82) is 0 Å². The fourth-order valence-electron chi connectivity index (χ4n) is 3.97. The highest BCUT2D eigenvalue weighted by atomic mass is 16.5. The molecule has 0 spiro atoms. The van der Waals surface area contributed by atoms with Gasteiger partial charge in [0.1, 0.15) is 18.1 Å². The van der Waals surface area contributed by atoms with Gasteiger partial charge in [0.15, 0.2) is 5.60 Å². The minimum absolute atomic E-state index is 0.157. The quantitative estimate of drug-likeness (QED) is 0.578. The zero-order valence-electron chi connectivity index (χ0n) is 18.7. The van der Waals surface area contributed by atoms with Gasteiger partial charge in [0.25, 0.3) is 5.91 Å². The van der Waals surface area contributed by atoms with Crippen molar-refractivity contribution in [3.8, 4) is 11.5 Å². The van der Waals surface area contributed by atoms with Crippen LogP contribution in [-0.2, 0) is 24.3 Å². The number of carbonyl (C=O) groups excluding carboxylic acids is 1. The standard InChI is InChI=1S/C27H30N2O3/c1-27(2,26(28)30)32-25-15-9-14-24-23(25)16-22(19-31-24)29(17-20-10-5-3-6-11-20)18-21-12-7-4-8-13-21/h3-15,22H,16-19H2,1-2H3,(H2,28,30)/t22-/m1/s1. The lowest BCUT2D eigenvalue weighted by Crippen LogP contribution is -2.45. The van der Waals surface area contributed by atoms with Crippen LogP contribution in [0, 0.1) is 0 Å². The van der Waals surface area contributed by atoms with E-state index in [9.17, 15) is 4.79 Å². The van der Waals surface area contributed by atoms with Crippen LogP contribution in [0.4, 0.5) is 0 Å². The molecule has 1 aliphatic heterocycles. The number of ether oxygens (including phenoxy) is 2. The monoisotopic (exact) mass is 430 g/mol. The second-order valence-corrected chi connectivity index (χ2v) is 8.75. The average molecular weight is 431 g/mol. The van der Waals surface area contributed by atoms with E-state index in [0.29, 0.717) is 12.4 Å². The lowest BCUT2D eigenvalue weighted by Gasteiger charge is -2.36. The number of hydrogen-bond donors (Lipinski definition) is 1. The first kappa shape index (κ1) is 21.9. The summed E-state index contributed by atoms with van der Waals surface area (Å²) in [5.74, 6) is 0.951. The van der Waals surface area contributed by atoms with E-state index in [1.165, 1.54) is 11.1 Å². The Balaban J connectivity index is 1.61. The van der Waals surface area contributed by atoms with Crippen LogP contribution in [0.25, 0.3) is 0 Å². The molecular weight excluding hydrogens is 400 g/mol. The Labute approximate surface area is 189 Å². The van der Waals surface area contributed by atoms with E-state index >= 15 is 0 Å². The van der Waals surface area contributed by atoms with Crippen molar-refractivity contribution in [3.05, 3.63) is 95.6 Å². The summed E-state index contributed by atoms with van der Waals surface area (Å²) in [5.41, 5.74) is 7.93. The van der Waals surface area contributed by atoms with E-state index in [4.69, 9.17) is 15.2 Å². The predicted octanol–water partition coefficient (Wildman–Crippen LogP) is 4.34. The third kappa shape index (κ3) is 5.11. The number of benzene rings is 3. The van der Waals surface area contributed by atoms with Crippen molar-refractivity contribution < 1.29 is 14.3 Å². The van der Waals surface area contributed by atoms with Gasteiger partial charge in [-0.3, -0.25) is 9.69 Å². The molecule has 1 heterocycles. The molecule has 5 heteroatoms. The van der Waals surface area contributed by atoms with Crippen LogP contribution in [0.3, 0.4) is 0 Å². The van der Waals surface area contributed by atoms with Gasteiger partial charge in [0.2, 0.25) is 0 Å². The van der Waals surface area contributed by atoms with Gasteiger partial charge in [0.05, 0.1) is 0 Å². The Morgan fingerprint density at radius 2 is 1.56 bits per heavy atom. The highest BCUT2D eigenvalue weighted by Crippen LogP contribution is 2.36. The Morgan fingerprint density at radius 3 is 2.12 bits per heavy atom. The Kier molecular flexibility index (Phi) is 6.47. The van der Waals surface area contributed by atoms with Crippen molar-refractivity contribution in [2.75, 3.05) is 6.61 Å². The lowest BCUT2D eigenvalue weighted by molar-refractivity contribution is -0.130. The van der Waals surface area contributed by atoms with E-state index in [2.05, 4.69) is 53.4 Å². The van der Waals surface area contributed by atoms with Crippen molar-refractivity contribution in [2.24, 2.45) is 5.73 Å². The second kappa shape index (κ2) is 9.45. The summed E-state index contributed by atoms with van der Waals surface area (Å²) >= 11 is 0. The normalized spacial score (nSPS) is 15.7. The highest BCUT2D eigenvalue weighted by molar-refractivity contribution is 5.83. The summed E-state index contributed by atoms with van der Waals surface area (Å²) in [6.07, 6.45) is 0.764. The summed E-state index contributed by atoms with van der Waals surface area (Å²) in [7, 11) is 0. The summed E-state index contributed by atoms with van der Waals surface area (Å²) in [6.45, 7) is 5.60. The summed E-state index contributed by atoms with van der Waals surface area (Å²) < 4.78 is 12.2. The molecule has 4 rings (SSSR count). The van der Waals surface area contributed by atoms with Crippen molar-refractivity contribution in [3.63, 3.8) is 0 Å². The maximum absolute atomic E-state index is 11.8. The topological polar surface area (TPSA) is 64.8 Å². The second-order valence-electron chi connectivity index (χ2n) is 8.75. The van der Waals surface area contributed by atoms with Crippen LogP contribution in [0.1, 0.15) is 30.5 Å². The minimum Gasteiger partial charge on any atom is -0.492 e. The van der Waals surface area contributed by atoms with Crippen LogP contribution >= 0.6 is 0 Å². The molecule has 0 bridgehead atoms. The van der Waals surface area contributed by atoms with Crippen molar-refractivity contribution >= 4 is 5.91 Å². The van der Waals surface area contributed by atoms with Gasteiger partial charge in [-0.05, 0) is 43.5 Å². The Bertz CT molecular complexity index is 1010.